The lowest BCUT2D eigenvalue weighted by Crippen LogP contribution is -1.96. The topological polar surface area (TPSA) is 25.8 Å². The molecular weight excluding hydrogens is 548 g/mol. The van der Waals surface area contributed by atoms with Crippen LogP contribution >= 0.6 is 27.3 Å². The van der Waals surface area contributed by atoms with E-state index < -0.39 is 6.04 Å². The van der Waals surface area contributed by atoms with Crippen LogP contribution in [-0.2, 0) is 0 Å². The number of rotatable bonds is 4. The number of hydrogen-bond acceptors (Lipinski definition) is 3. The summed E-state index contributed by atoms with van der Waals surface area (Å²) in [7, 11) is 0. The average molecular weight is 575 g/mol. The Morgan fingerprint density at radius 3 is 2.18 bits per heavy atom. The first kappa shape index (κ1) is 18.2. The monoisotopic (exact) mass is 573 g/mol. The molecule has 0 aliphatic carbocycles. The number of aromatic nitrogens is 2. The highest BCUT2D eigenvalue weighted by Gasteiger charge is 2.16. The van der Waals surface area contributed by atoms with Crippen molar-refractivity contribution < 1.29 is 6.85 Å². The molecule has 0 radical (unpaired) electrons. The molecule has 7 rings (SSSR count). The normalized spacial score (nSPS) is 13.1. The first-order valence-electron chi connectivity index (χ1n) is 14.5. The Morgan fingerprint density at radius 1 is 0.605 bits per heavy atom. The fourth-order valence-electron chi connectivity index (χ4n) is 4.66. The number of halogens is 1. The van der Waals surface area contributed by atoms with Crippen molar-refractivity contribution >= 4 is 47.4 Å². The Kier molecular flexibility index (Phi) is 4.61. The molecule has 0 spiro atoms. The largest absolute Gasteiger partial charge is 0.228 e. The summed E-state index contributed by atoms with van der Waals surface area (Å²) in [4.78, 5) is 10.0. The molecule has 0 saturated heterocycles. The van der Waals surface area contributed by atoms with Crippen molar-refractivity contribution in [3.8, 4) is 45.0 Å². The Balaban J connectivity index is 1.41. The molecule has 0 unspecified atom stereocenters. The van der Waals surface area contributed by atoms with Gasteiger partial charge < -0.3 is 0 Å². The summed E-state index contributed by atoms with van der Waals surface area (Å²) < 4.78 is 44.1. The van der Waals surface area contributed by atoms with E-state index in [1.165, 1.54) is 9.40 Å². The molecule has 2 nitrogen and oxygen atoms in total. The maximum absolute atomic E-state index is 8.36. The van der Waals surface area contributed by atoms with Crippen molar-refractivity contribution in [2.24, 2.45) is 0 Å². The Hall–Kier alpha value is -4.12. The van der Waals surface area contributed by atoms with E-state index in [1.54, 1.807) is 23.5 Å². The molecule has 180 valence electrons. The number of nitrogens with zero attached hydrogens (tertiary/aromatic N) is 2. The first-order valence-corrected chi connectivity index (χ1v) is 13.6. The van der Waals surface area contributed by atoms with Gasteiger partial charge in [0.2, 0.25) is 0 Å². The van der Waals surface area contributed by atoms with E-state index in [0.717, 1.165) is 43.3 Å². The maximum atomic E-state index is 8.36. The third kappa shape index (κ3) is 4.22. The number of hydrogen-bond donors (Lipinski definition) is 0. The maximum Gasteiger partial charge on any atom is 0.160 e. The second-order valence-corrected chi connectivity index (χ2v) is 10.8. The zero-order valence-corrected chi connectivity index (χ0v) is 22.3. The van der Waals surface area contributed by atoms with Gasteiger partial charge in [-0.1, -0.05) is 113 Å². The predicted octanol–water partition coefficient (Wildman–Crippen LogP) is 10.3. The van der Waals surface area contributed by atoms with Gasteiger partial charge in [-0.2, -0.15) is 0 Å². The minimum Gasteiger partial charge on any atom is -0.228 e. The minimum absolute atomic E-state index is 0.166. The predicted molar refractivity (Wildman–Crippen MR) is 164 cm³/mol. The molecule has 0 atom stereocenters. The fraction of sp³-hybridized carbons (Fsp3) is 0. The molecule has 0 bridgehead atoms. The molecule has 0 N–H and O–H groups in total. The van der Waals surface area contributed by atoms with Crippen LogP contribution in [0.5, 0.6) is 0 Å². The molecule has 0 saturated carbocycles. The van der Waals surface area contributed by atoms with Gasteiger partial charge in [0.1, 0.15) is 0 Å². The van der Waals surface area contributed by atoms with Gasteiger partial charge in [-0.3, -0.25) is 0 Å². The lowest BCUT2D eigenvalue weighted by molar-refractivity contribution is 1.19. The highest BCUT2D eigenvalue weighted by molar-refractivity contribution is 9.10. The van der Waals surface area contributed by atoms with Crippen molar-refractivity contribution in [3.63, 3.8) is 0 Å². The standard InChI is InChI=1S/C34H21BrN2S/c35-26-18-19-31-28(20-26)33-27(12-7-13-32(33)38-31)30-21-29(24-10-5-2-6-11-24)36-34(37-30)25-16-14-23(15-17-25)22-8-3-1-4-9-22/h1-21H/i1D,3D,4D,8D,9D. The first-order chi connectivity index (χ1) is 20.8. The lowest BCUT2D eigenvalue weighted by atomic mass is 10.0. The molecule has 7 aromatic rings. The van der Waals surface area contributed by atoms with Crippen molar-refractivity contribution in [1.29, 1.82) is 0 Å². The molecule has 4 heteroatoms. The fourth-order valence-corrected chi connectivity index (χ4v) is 6.14. The van der Waals surface area contributed by atoms with Crippen LogP contribution < -0.4 is 0 Å². The van der Waals surface area contributed by atoms with E-state index in [4.69, 9.17) is 16.8 Å². The van der Waals surface area contributed by atoms with Crippen LogP contribution in [0.15, 0.2) is 132 Å². The van der Waals surface area contributed by atoms with Crippen LogP contribution in [-0.4, -0.2) is 9.97 Å². The summed E-state index contributed by atoms with van der Waals surface area (Å²) in [6.07, 6.45) is 0. The summed E-state index contributed by atoms with van der Waals surface area (Å²) in [5, 5.41) is 2.30. The van der Waals surface area contributed by atoms with Crippen molar-refractivity contribution in [2.75, 3.05) is 0 Å². The van der Waals surface area contributed by atoms with Crippen LogP contribution in [0.3, 0.4) is 0 Å². The van der Waals surface area contributed by atoms with Crippen molar-refractivity contribution in [1.82, 2.24) is 9.97 Å². The van der Waals surface area contributed by atoms with Gasteiger partial charge >= 0.3 is 0 Å². The summed E-state index contributed by atoms with van der Waals surface area (Å²) in [5.41, 5.74) is 5.00. The number of thiophene rings is 1. The molecule has 0 aliphatic heterocycles. The minimum atomic E-state index is -0.408. The van der Waals surface area contributed by atoms with E-state index in [1.807, 2.05) is 48.5 Å². The Morgan fingerprint density at radius 2 is 1.37 bits per heavy atom. The zero-order chi connectivity index (χ0) is 29.8. The molecule has 2 aromatic heterocycles. The summed E-state index contributed by atoms with van der Waals surface area (Å²) >= 11 is 5.39. The highest BCUT2D eigenvalue weighted by Crippen LogP contribution is 2.41. The van der Waals surface area contributed by atoms with Crippen molar-refractivity contribution in [2.45, 2.75) is 0 Å². The molecule has 5 aromatic carbocycles. The summed E-state index contributed by atoms with van der Waals surface area (Å²) in [5.74, 6) is 0.529. The summed E-state index contributed by atoms with van der Waals surface area (Å²) in [6.45, 7) is 0. The van der Waals surface area contributed by atoms with Gasteiger partial charge in [0.15, 0.2) is 5.82 Å². The van der Waals surface area contributed by atoms with Crippen LogP contribution in [0.2, 0.25) is 0 Å². The van der Waals surface area contributed by atoms with E-state index in [0.29, 0.717) is 11.4 Å². The average Bonchev–Trinajstić information content (AvgIpc) is 3.41. The van der Waals surface area contributed by atoms with Gasteiger partial charge in [-0.25, -0.2) is 9.97 Å². The molecule has 0 fully saturated rings. The van der Waals surface area contributed by atoms with Gasteiger partial charge in [0, 0.05) is 41.3 Å². The molecule has 38 heavy (non-hydrogen) atoms. The second kappa shape index (κ2) is 9.64. The van der Waals surface area contributed by atoms with Crippen LogP contribution in [0.25, 0.3) is 65.2 Å². The van der Waals surface area contributed by atoms with Gasteiger partial charge in [0.25, 0.3) is 0 Å². The van der Waals surface area contributed by atoms with E-state index in [2.05, 4.69) is 52.3 Å². The Bertz CT molecular complexity index is 2170. The second-order valence-electron chi connectivity index (χ2n) is 8.83. The molecule has 0 aliphatic rings. The molecule has 0 amide bonds. The highest BCUT2D eigenvalue weighted by atomic mass is 79.9. The molecular formula is C34H21BrN2S. The van der Waals surface area contributed by atoms with Gasteiger partial charge in [0.05, 0.1) is 18.2 Å². The lowest BCUT2D eigenvalue weighted by Gasteiger charge is -2.11. The SMILES string of the molecule is [2H]c1c([2H])c([2H])c(-c2ccc(-c3nc(-c4ccccc4)cc(-c4cccc5sc6ccc(Br)cc6c45)n3)cc2)c([2H])c1[2H]. The quantitative estimate of drug-likeness (QED) is 0.209. The third-order valence-corrected chi connectivity index (χ3v) is 8.09. The summed E-state index contributed by atoms with van der Waals surface area (Å²) in [6, 6.07) is 30.2. The van der Waals surface area contributed by atoms with E-state index in [-0.39, 0.29) is 29.7 Å². The zero-order valence-electron chi connectivity index (χ0n) is 24.9. The number of benzene rings is 5. The van der Waals surface area contributed by atoms with Crippen LogP contribution in [0, 0.1) is 0 Å². The van der Waals surface area contributed by atoms with E-state index >= 15 is 0 Å². The van der Waals surface area contributed by atoms with Crippen LogP contribution in [0.1, 0.15) is 6.85 Å². The Labute approximate surface area is 240 Å². The van der Waals surface area contributed by atoms with Gasteiger partial charge in [-0.05, 0) is 41.5 Å². The van der Waals surface area contributed by atoms with Gasteiger partial charge in [-0.15, -0.1) is 11.3 Å². The van der Waals surface area contributed by atoms with Crippen LogP contribution in [0.4, 0.5) is 0 Å². The number of fused-ring (bicyclic) bond motifs is 3. The molecule has 2 heterocycles. The van der Waals surface area contributed by atoms with Crippen molar-refractivity contribution in [3.05, 3.63) is 132 Å². The van der Waals surface area contributed by atoms with E-state index in [9.17, 15) is 0 Å². The third-order valence-electron chi connectivity index (χ3n) is 6.46. The smallest absolute Gasteiger partial charge is 0.160 e.